The van der Waals surface area contributed by atoms with Gasteiger partial charge in [-0.3, -0.25) is 9.36 Å². The first kappa shape index (κ1) is 17.5. The Hall–Kier alpha value is -2.35. The van der Waals surface area contributed by atoms with Gasteiger partial charge in [0.25, 0.3) is 5.56 Å². The molecule has 3 rings (SSSR count). The monoisotopic (exact) mass is 349 g/mol. The lowest BCUT2D eigenvalue weighted by molar-refractivity contribution is 0.348. The number of aromatic nitrogens is 2. The van der Waals surface area contributed by atoms with Crippen LogP contribution in [0.5, 0.6) is 0 Å². The van der Waals surface area contributed by atoms with Crippen molar-refractivity contribution in [3.05, 3.63) is 38.8 Å². The fourth-order valence-electron chi connectivity index (χ4n) is 3.53. The van der Waals surface area contributed by atoms with Gasteiger partial charge in [-0.1, -0.05) is 0 Å². The topological polar surface area (TPSA) is 99.3 Å². The zero-order valence-electron chi connectivity index (χ0n) is 14.8. The maximum Gasteiger partial charge on any atom is 0.350 e. The molecular weight excluding hydrogens is 325 g/mol. The molecule has 0 amide bonds. The molecule has 136 valence electrons. The lowest BCUT2D eigenvalue weighted by Crippen LogP contribution is -2.44. The molecule has 1 aliphatic heterocycles. The Morgan fingerprint density at radius 3 is 2.56 bits per heavy atom. The van der Waals surface area contributed by atoms with E-state index in [1.165, 1.54) is 10.6 Å². The third kappa shape index (κ3) is 2.80. The molecule has 1 atom stereocenters. The first-order valence-electron chi connectivity index (χ1n) is 8.43. The van der Waals surface area contributed by atoms with Gasteiger partial charge >= 0.3 is 5.69 Å². The Labute approximate surface area is 144 Å². The number of fused-ring (bicyclic) bond motifs is 1. The van der Waals surface area contributed by atoms with Gasteiger partial charge in [0, 0.05) is 25.2 Å². The van der Waals surface area contributed by atoms with Crippen molar-refractivity contribution in [2.24, 2.45) is 11.7 Å². The minimum Gasteiger partial charge on any atom is -0.369 e. The highest BCUT2D eigenvalue weighted by Crippen LogP contribution is 2.32. The van der Waals surface area contributed by atoms with Crippen molar-refractivity contribution in [2.75, 3.05) is 23.8 Å². The van der Waals surface area contributed by atoms with Gasteiger partial charge in [0.2, 0.25) is 0 Å². The van der Waals surface area contributed by atoms with Crippen molar-refractivity contribution >= 4 is 16.6 Å². The first-order chi connectivity index (χ1) is 11.6. The van der Waals surface area contributed by atoms with E-state index in [2.05, 4.69) is 0 Å². The third-order valence-corrected chi connectivity index (χ3v) is 5.14. The van der Waals surface area contributed by atoms with E-state index in [9.17, 15) is 14.0 Å². The van der Waals surface area contributed by atoms with Gasteiger partial charge in [-0.25, -0.2) is 9.18 Å². The van der Waals surface area contributed by atoms with Crippen LogP contribution in [-0.4, -0.2) is 27.9 Å². The molecule has 0 unspecified atom stereocenters. The lowest BCUT2D eigenvalue weighted by atomic mass is 9.88. The van der Waals surface area contributed by atoms with Crippen LogP contribution in [0.1, 0.15) is 27.2 Å². The number of hydrogen-bond donors (Lipinski definition) is 2. The van der Waals surface area contributed by atoms with E-state index >= 15 is 0 Å². The van der Waals surface area contributed by atoms with Gasteiger partial charge in [-0.2, -0.15) is 4.68 Å². The number of nitrogens with zero attached hydrogens (tertiary/aromatic N) is 3. The second kappa shape index (κ2) is 5.87. The highest BCUT2D eigenvalue weighted by atomic mass is 19.1. The van der Waals surface area contributed by atoms with E-state index in [0.717, 1.165) is 6.42 Å². The molecule has 0 radical (unpaired) electrons. The summed E-state index contributed by atoms with van der Waals surface area (Å²) in [6.45, 7) is 7.36. The highest BCUT2D eigenvalue weighted by molar-refractivity contribution is 5.82. The van der Waals surface area contributed by atoms with E-state index in [4.69, 9.17) is 11.6 Å². The lowest BCUT2D eigenvalue weighted by Gasteiger charge is -2.27. The van der Waals surface area contributed by atoms with Crippen molar-refractivity contribution in [1.29, 1.82) is 0 Å². The van der Waals surface area contributed by atoms with E-state index in [0.29, 0.717) is 35.5 Å². The summed E-state index contributed by atoms with van der Waals surface area (Å²) in [5, 5.41) is 0.0973. The zero-order valence-corrected chi connectivity index (χ0v) is 14.8. The predicted octanol–water partition coefficient (Wildman–Crippen LogP) is 0.600. The summed E-state index contributed by atoms with van der Waals surface area (Å²) in [5.74, 6) is 5.27. The van der Waals surface area contributed by atoms with Crippen LogP contribution in [-0.2, 0) is 6.54 Å². The number of nitrogen functional groups attached to an aromatic ring is 1. The van der Waals surface area contributed by atoms with E-state index in [1.807, 2.05) is 18.7 Å². The molecule has 0 aliphatic carbocycles. The third-order valence-electron chi connectivity index (χ3n) is 5.14. The Morgan fingerprint density at radius 2 is 2.00 bits per heavy atom. The summed E-state index contributed by atoms with van der Waals surface area (Å²) in [5.41, 5.74) is 5.31. The standard InChI is InChI=1S/C17H24FN5O2/c1-4-22-13-8-14(21-6-5-10(9-21)17(2,3)19)12(18)7-11(13)15(24)23(20)16(22)25/h7-8,10H,4-6,9,19-20H2,1-3H3/t10-/m0/s1. The number of anilines is 1. The molecule has 0 spiro atoms. The molecule has 1 aromatic carbocycles. The molecule has 7 nitrogen and oxygen atoms in total. The molecule has 0 saturated carbocycles. The maximum atomic E-state index is 14.7. The summed E-state index contributed by atoms with van der Waals surface area (Å²) in [7, 11) is 0. The van der Waals surface area contributed by atoms with Crippen LogP contribution in [0.3, 0.4) is 0 Å². The largest absolute Gasteiger partial charge is 0.369 e. The quantitative estimate of drug-likeness (QED) is 0.791. The molecule has 2 heterocycles. The minimum atomic E-state index is -0.697. The van der Waals surface area contributed by atoms with Crippen LogP contribution in [0.2, 0.25) is 0 Å². The van der Waals surface area contributed by atoms with Crippen molar-refractivity contribution in [3.8, 4) is 0 Å². The molecule has 4 N–H and O–H groups in total. The van der Waals surface area contributed by atoms with Crippen LogP contribution in [0.15, 0.2) is 21.7 Å². The van der Waals surface area contributed by atoms with E-state index in [1.54, 1.807) is 13.0 Å². The van der Waals surface area contributed by atoms with Crippen LogP contribution in [0, 0.1) is 11.7 Å². The summed E-state index contributed by atoms with van der Waals surface area (Å²) in [4.78, 5) is 26.3. The van der Waals surface area contributed by atoms with Crippen LogP contribution < -0.4 is 27.7 Å². The van der Waals surface area contributed by atoms with Gasteiger partial charge in [0.1, 0.15) is 5.82 Å². The Bertz CT molecular complexity index is 941. The van der Waals surface area contributed by atoms with E-state index in [-0.39, 0.29) is 16.8 Å². The van der Waals surface area contributed by atoms with Gasteiger partial charge in [-0.15, -0.1) is 0 Å². The maximum absolute atomic E-state index is 14.7. The molecule has 1 fully saturated rings. The molecule has 8 heteroatoms. The van der Waals surface area contributed by atoms with E-state index < -0.39 is 17.1 Å². The SMILES string of the molecule is CCn1c(=O)n(N)c(=O)c2cc(F)c(N3CC[C@H](C(C)(C)N)C3)cc21. The highest BCUT2D eigenvalue weighted by Gasteiger charge is 2.33. The fraction of sp³-hybridized carbons (Fsp3) is 0.529. The van der Waals surface area contributed by atoms with Gasteiger partial charge in [-0.05, 0) is 45.2 Å². The molecule has 1 aromatic heterocycles. The van der Waals surface area contributed by atoms with Crippen LogP contribution in [0.25, 0.3) is 10.9 Å². The van der Waals surface area contributed by atoms with Gasteiger partial charge in [0.05, 0.1) is 16.6 Å². The second-order valence-electron chi connectivity index (χ2n) is 7.28. The Morgan fingerprint density at radius 1 is 1.32 bits per heavy atom. The van der Waals surface area contributed by atoms with Crippen molar-refractivity contribution < 1.29 is 4.39 Å². The average Bonchev–Trinajstić information content (AvgIpc) is 3.03. The normalized spacial score (nSPS) is 18.3. The number of benzene rings is 1. The molecule has 1 aliphatic rings. The van der Waals surface area contributed by atoms with Crippen LogP contribution in [0.4, 0.5) is 10.1 Å². The predicted molar refractivity (Wildman–Crippen MR) is 96.8 cm³/mol. The molecule has 0 bridgehead atoms. The van der Waals surface area contributed by atoms with Gasteiger partial charge in [0.15, 0.2) is 0 Å². The number of aryl methyl sites for hydroxylation is 1. The summed E-state index contributed by atoms with van der Waals surface area (Å²) < 4.78 is 16.6. The van der Waals surface area contributed by atoms with Crippen molar-refractivity contribution in [2.45, 2.75) is 39.3 Å². The second-order valence-corrected chi connectivity index (χ2v) is 7.28. The minimum absolute atomic E-state index is 0.0973. The summed E-state index contributed by atoms with van der Waals surface area (Å²) in [6.07, 6.45) is 0.867. The average molecular weight is 349 g/mol. The Balaban J connectivity index is 2.16. The summed E-state index contributed by atoms with van der Waals surface area (Å²) in [6, 6.07) is 2.74. The molecular formula is C17H24FN5O2. The number of rotatable bonds is 3. The zero-order chi connectivity index (χ0) is 18.5. The number of halogens is 1. The smallest absolute Gasteiger partial charge is 0.350 e. The van der Waals surface area contributed by atoms with Crippen molar-refractivity contribution in [1.82, 2.24) is 9.24 Å². The Kier molecular flexibility index (Phi) is 4.10. The molecule has 25 heavy (non-hydrogen) atoms. The molecule has 1 saturated heterocycles. The first-order valence-corrected chi connectivity index (χ1v) is 8.43. The van der Waals surface area contributed by atoms with Crippen LogP contribution >= 0.6 is 0 Å². The van der Waals surface area contributed by atoms with Gasteiger partial charge < -0.3 is 16.5 Å². The molecule has 2 aromatic rings. The fourth-order valence-corrected chi connectivity index (χ4v) is 3.53. The summed E-state index contributed by atoms with van der Waals surface area (Å²) >= 11 is 0. The number of nitrogens with two attached hydrogens (primary N) is 2. The number of hydrogen-bond acceptors (Lipinski definition) is 5. The van der Waals surface area contributed by atoms with Crippen molar-refractivity contribution in [3.63, 3.8) is 0 Å².